The molecule has 1 aromatic heterocycles. The van der Waals surface area contributed by atoms with Crippen LogP contribution in [-0.2, 0) is 6.61 Å². The van der Waals surface area contributed by atoms with Gasteiger partial charge in [-0.1, -0.05) is 11.6 Å². The van der Waals surface area contributed by atoms with Crippen LogP contribution in [0.4, 0.5) is 5.69 Å². The topological polar surface area (TPSA) is 69.7 Å². The molecule has 0 atom stereocenters. The standard InChI is InChI=1S/C20H17ClN2O4S/c21-16-8-18-19(26-7-1-6-25-18)9-17(16)23-20(24)13-2-4-15(5-3-13)27-10-14-11-28-12-22-14/h2-5,8-9,11-12H,1,6-7,10H2,(H,23,24). The van der Waals surface area contributed by atoms with Crippen molar-refractivity contribution in [2.45, 2.75) is 13.0 Å². The number of aromatic nitrogens is 1. The molecule has 0 saturated carbocycles. The van der Waals surface area contributed by atoms with Crippen LogP contribution in [0, 0.1) is 0 Å². The summed E-state index contributed by atoms with van der Waals surface area (Å²) in [6.45, 7) is 1.53. The van der Waals surface area contributed by atoms with E-state index in [0.717, 1.165) is 12.1 Å². The zero-order valence-electron chi connectivity index (χ0n) is 14.8. The quantitative estimate of drug-likeness (QED) is 0.647. The highest BCUT2D eigenvalue weighted by molar-refractivity contribution is 7.07. The molecule has 0 spiro atoms. The second-order valence-electron chi connectivity index (χ2n) is 6.08. The van der Waals surface area contributed by atoms with Gasteiger partial charge in [-0.15, -0.1) is 11.3 Å². The molecule has 1 N–H and O–H groups in total. The van der Waals surface area contributed by atoms with Crippen LogP contribution < -0.4 is 19.5 Å². The van der Waals surface area contributed by atoms with Crippen LogP contribution in [0.2, 0.25) is 5.02 Å². The fourth-order valence-electron chi connectivity index (χ4n) is 2.64. The average molecular weight is 417 g/mol. The van der Waals surface area contributed by atoms with Crippen LogP contribution in [0.1, 0.15) is 22.5 Å². The Bertz CT molecular complexity index is 961. The smallest absolute Gasteiger partial charge is 0.255 e. The van der Waals surface area contributed by atoms with Gasteiger partial charge in [0.05, 0.1) is 35.1 Å². The molecule has 8 heteroatoms. The Hall–Kier alpha value is -2.77. The maximum atomic E-state index is 12.6. The van der Waals surface area contributed by atoms with Crippen molar-refractivity contribution < 1.29 is 19.0 Å². The number of hydrogen-bond acceptors (Lipinski definition) is 6. The number of anilines is 1. The van der Waals surface area contributed by atoms with E-state index in [4.69, 9.17) is 25.8 Å². The van der Waals surface area contributed by atoms with E-state index in [1.54, 1.807) is 41.9 Å². The van der Waals surface area contributed by atoms with Gasteiger partial charge in [0, 0.05) is 29.5 Å². The number of carbonyl (C=O) groups excluding carboxylic acids is 1. The van der Waals surface area contributed by atoms with Crippen LogP contribution in [0.3, 0.4) is 0 Å². The van der Waals surface area contributed by atoms with Crippen LogP contribution in [-0.4, -0.2) is 24.1 Å². The minimum atomic E-state index is -0.276. The lowest BCUT2D eigenvalue weighted by molar-refractivity contribution is 0.102. The highest BCUT2D eigenvalue weighted by Gasteiger charge is 2.16. The van der Waals surface area contributed by atoms with Crippen LogP contribution in [0.25, 0.3) is 0 Å². The molecule has 1 amide bonds. The summed E-state index contributed by atoms with van der Waals surface area (Å²) in [7, 11) is 0. The van der Waals surface area contributed by atoms with E-state index in [0.29, 0.717) is 53.3 Å². The molecule has 0 radical (unpaired) electrons. The van der Waals surface area contributed by atoms with E-state index in [2.05, 4.69) is 10.3 Å². The van der Waals surface area contributed by atoms with Crippen molar-refractivity contribution in [3.63, 3.8) is 0 Å². The molecule has 6 nitrogen and oxygen atoms in total. The van der Waals surface area contributed by atoms with E-state index in [9.17, 15) is 4.79 Å². The molecule has 1 aliphatic rings. The Balaban J connectivity index is 1.42. The summed E-state index contributed by atoms with van der Waals surface area (Å²) in [6, 6.07) is 10.2. The lowest BCUT2D eigenvalue weighted by Gasteiger charge is -2.12. The number of benzene rings is 2. The molecular weight excluding hydrogens is 400 g/mol. The first-order valence-corrected chi connectivity index (χ1v) is 10.0. The molecule has 1 aliphatic heterocycles. The number of nitrogens with one attached hydrogen (secondary N) is 1. The molecule has 4 rings (SSSR count). The minimum absolute atomic E-state index is 0.276. The number of nitrogens with zero attached hydrogens (tertiary/aromatic N) is 1. The van der Waals surface area contributed by atoms with Crippen LogP contribution in [0.15, 0.2) is 47.3 Å². The Morgan fingerprint density at radius 1 is 1.18 bits per heavy atom. The molecule has 3 aromatic rings. The summed E-state index contributed by atoms with van der Waals surface area (Å²) in [6.07, 6.45) is 0.797. The largest absolute Gasteiger partial charge is 0.490 e. The fourth-order valence-corrected chi connectivity index (χ4v) is 3.39. The molecule has 0 saturated heterocycles. The Morgan fingerprint density at radius 2 is 1.93 bits per heavy atom. The Labute approximate surface area is 171 Å². The normalized spacial score (nSPS) is 12.9. The van der Waals surface area contributed by atoms with Gasteiger partial charge in [0.25, 0.3) is 5.91 Å². The van der Waals surface area contributed by atoms with E-state index in [1.807, 2.05) is 5.38 Å². The highest BCUT2D eigenvalue weighted by atomic mass is 35.5. The molecular formula is C20H17ClN2O4S. The first-order valence-electron chi connectivity index (χ1n) is 8.69. The Kier molecular flexibility index (Phi) is 5.64. The summed E-state index contributed by atoms with van der Waals surface area (Å²) in [5.41, 5.74) is 3.59. The molecule has 0 aliphatic carbocycles. The van der Waals surface area contributed by atoms with Crippen molar-refractivity contribution >= 4 is 34.5 Å². The average Bonchev–Trinajstić information content (AvgIpc) is 3.13. The van der Waals surface area contributed by atoms with E-state index in [-0.39, 0.29) is 5.91 Å². The van der Waals surface area contributed by atoms with Gasteiger partial charge in [-0.05, 0) is 24.3 Å². The molecule has 0 bridgehead atoms. The first-order chi connectivity index (χ1) is 13.7. The van der Waals surface area contributed by atoms with E-state index in [1.165, 1.54) is 11.3 Å². The summed E-state index contributed by atoms with van der Waals surface area (Å²) in [5.74, 6) is 1.55. The second-order valence-corrected chi connectivity index (χ2v) is 7.20. The number of hydrogen-bond donors (Lipinski definition) is 1. The summed E-state index contributed by atoms with van der Waals surface area (Å²) in [4.78, 5) is 16.7. The predicted molar refractivity (Wildman–Crippen MR) is 108 cm³/mol. The number of amides is 1. The molecule has 2 aromatic carbocycles. The van der Waals surface area contributed by atoms with Crippen LogP contribution >= 0.6 is 22.9 Å². The summed E-state index contributed by atoms with van der Waals surface area (Å²) in [5, 5.41) is 5.14. The van der Waals surface area contributed by atoms with Gasteiger partial charge in [0.2, 0.25) is 0 Å². The lowest BCUT2D eigenvalue weighted by Crippen LogP contribution is -2.12. The van der Waals surface area contributed by atoms with Crippen molar-refractivity contribution in [1.82, 2.24) is 4.98 Å². The first kappa shape index (κ1) is 18.6. The molecule has 28 heavy (non-hydrogen) atoms. The minimum Gasteiger partial charge on any atom is -0.490 e. The lowest BCUT2D eigenvalue weighted by atomic mass is 10.2. The van der Waals surface area contributed by atoms with Gasteiger partial charge < -0.3 is 19.5 Å². The zero-order chi connectivity index (χ0) is 19.3. The highest BCUT2D eigenvalue weighted by Crippen LogP contribution is 2.37. The maximum Gasteiger partial charge on any atom is 0.255 e. The SMILES string of the molecule is O=C(Nc1cc2c(cc1Cl)OCCCO2)c1ccc(OCc2cscn2)cc1. The van der Waals surface area contributed by atoms with Crippen molar-refractivity contribution in [3.05, 3.63) is 63.6 Å². The predicted octanol–water partition coefficient (Wildman–Crippen LogP) is 4.79. The number of rotatable bonds is 5. The van der Waals surface area contributed by atoms with E-state index < -0.39 is 0 Å². The van der Waals surface area contributed by atoms with Gasteiger partial charge >= 0.3 is 0 Å². The third-order valence-electron chi connectivity index (χ3n) is 4.07. The molecule has 2 heterocycles. The number of carbonyl (C=O) groups is 1. The van der Waals surface area contributed by atoms with E-state index >= 15 is 0 Å². The second kappa shape index (κ2) is 8.50. The van der Waals surface area contributed by atoms with Gasteiger partial charge in [0.15, 0.2) is 11.5 Å². The third kappa shape index (κ3) is 4.37. The van der Waals surface area contributed by atoms with Gasteiger partial charge in [-0.2, -0.15) is 0 Å². The van der Waals surface area contributed by atoms with Crippen molar-refractivity contribution in [3.8, 4) is 17.2 Å². The number of halogens is 1. The summed E-state index contributed by atoms with van der Waals surface area (Å²) < 4.78 is 16.9. The fraction of sp³-hybridized carbons (Fsp3) is 0.200. The number of thiazole rings is 1. The number of fused-ring (bicyclic) bond motifs is 1. The zero-order valence-corrected chi connectivity index (χ0v) is 16.4. The van der Waals surface area contributed by atoms with Gasteiger partial charge in [-0.3, -0.25) is 4.79 Å². The monoisotopic (exact) mass is 416 g/mol. The maximum absolute atomic E-state index is 12.6. The third-order valence-corrected chi connectivity index (χ3v) is 5.02. The number of ether oxygens (including phenoxy) is 3. The molecule has 0 fully saturated rings. The van der Waals surface area contributed by atoms with Crippen LogP contribution in [0.5, 0.6) is 17.2 Å². The Morgan fingerprint density at radius 3 is 2.64 bits per heavy atom. The van der Waals surface area contributed by atoms with Gasteiger partial charge in [-0.25, -0.2) is 4.98 Å². The van der Waals surface area contributed by atoms with Crippen molar-refractivity contribution in [1.29, 1.82) is 0 Å². The molecule has 0 unspecified atom stereocenters. The molecule has 144 valence electrons. The summed E-state index contributed by atoms with van der Waals surface area (Å²) >= 11 is 7.81. The van der Waals surface area contributed by atoms with Crippen molar-refractivity contribution in [2.75, 3.05) is 18.5 Å². The van der Waals surface area contributed by atoms with Crippen molar-refractivity contribution in [2.24, 2.45) is 0 Å². The van der Waals surface area contributed by atoms with Gasteiger partial charge in [0.1, 0.15) is 12.4 Å².